The molecule has 0 atom stereocenters. The quantitative estimate of drug-likeness (QED) is 0.549. The topological polar surface area (TPSA) is 66.4 Å². The summed E-state index contributed by atoms with van der Waals surface area (Å²) in [4.78, 5) is 22.8. The van der Waals surface area contributed by atoms with Crippen LogP contribution in [0.5, 0.6) is 5.75 Å². The van der Waals surface area contributed by atoms with Crippen molar-refractivity contribution >= 4 is 45.1 Å². The number of hydrogen-bond acceptors (Lipinski definition) is 5. The van der Waals surface area contributed by atoms with E-state index in [1.54, 1.807) is 0 Å². The number of allylic oxidation sites excluding steroid dienone is 1. The van der Waals surface area contributed by atoms with Crippen molar-refractivity contribution in [2.45, 2.75) is 6.61 Å². The maximum absolute atomic E-state index is 12.4. The molecule has 0 saturated heterocycles. The lowest BCUT2D eigenvalue weighted by Crippen LogP contribution is -2.20. The molecule has 0 aliphatic heterocycles. The van der Waals surface area contributed by atoms with Crippen molar-refractivity contribution in [1.82, 2.24) is 0 Å². The van der Waals surface area contributed by atoms with Crippen LogP contribution in [0.2, 0.25) is 0 Å². The van der Waals surface area contributed by atoms with Gasteiger partial charge in [-0.15, -0.1) is 11.3 Å². The number of halogens is 3. The summed E-state index contributed by atoms with van der Waals surface area (Å²) < 4.78 is 29.7. The third-order valence-corrected chi connectivity index (χ3v) is 4.23. The van der Waals surface area contributed by atoms with Gasteiger partial charge in [0.1, 0.15) is 5.75 Å². The zero-order valence-corrected chi connectivity index (χ0v) is 13.7. The van der Waals surface area contributed by atoms with Gasteiger partial charge >= 0.3 is 6.61 Å². The number of carboxylic acids is 1. The van der Waals surface area contributed by atoms with Gasteiger partial charge in [-0.2, -0.15) is 8.78 Å². The Bertz CT molecular complexity index is 771. The van der Waals surface area contributed by atoms with Gasteiger partial charge in [0, 0.05) is 10.0 Å². The average molecular weight is 402 g/mol. The normalized spacial score (nSPS) is 11.1. The predicted molar refractivity (Wildman–Crippen MR) is 82.8 cm³/mol. The van der Waals surface area contributed by atoms with Crippen LogP contribution in [-0.4, -0.2) is 18.4 Å². The van der Waals surface area contributed by atoms with Crippen molar-refractivity contribution in [3.63, 3.8) is 0 Å². The van der Waals surface area contributed by atoms with Crippen molar-refractivity contribution in [2.24, 2.45) is 0 Å². The summed E-state index contributed by atoms with van der Waals surface area (Å²) in [6, 6.07) is 7.02. The number of carboxylic acid groups (broad SMARTS) is 1. The summed E-state index contributed by atoms with van der Waals surface area (Å²) in [6.45, 7) is -2.98. The van der Waals surface area contributed by atoms with E-state index in [4.69, 9.17) is 0 Å². The Morgan fingerprint density at radius 2 is 1.91 bits per heavy atom. The molecule has 0 N–H and O–H groups in total. The van der Waals surface area contributed by atoms with Gasteiger partial charge in [0.2, 0.25) is 0 Å². The maximum atomic E-state index is 12.4. The molecule has 120 valence electrons. The van der Waals surface area contributed by atoms with Gasteiger partial charge in [0.15, 0.2) is 5.78 Å². The molecule has 0 aliphatic carbocycles. The van der Waals surface area contributed by atoms with E-state index in [0.29, 0.717) is 4.47 Å². The Morgan fingerprint density at radius 1 is 1.22 bits per heavy atom. The first-order valence-electron chi connectivity index (χ1n) is 6.15. The number of thiophene rings is 1. The zero-order valence-electron chi connectivity index (χ0n) is 11.3. The van der Waals surface area contributed by atoms with E-state index < -0.39 is 18.4 Å². The summed E-state index contributed by atoms with van der Waals surface area (Å²) in [7, 11) is 0. The molecule has 0 saturated carbocycles. The molecule has 2 rings (SSSR count). The Balaban J connectivity index is 2.22. The average Bonchev–Trinajstić information content (AvgIpc) is 2.97. The van der Waals surface area contributed by atoms with E-state index in [9.17, 15) is 23.5 Å². The van der Waals surface area contributed by atoms with Gasteiger partial charge in [0.05, 0.1) is 15.7 Å². The fourth-order valence-corrected chi connectivity index (χ4v) is 2.82. The second kappa shape index (κ2) is 7.47. The summed E-state index contributed by atoms with van der Waals surface area (Å²) in [5.74, 6) is -1.89. The van der Waals surface area contributed by atoms with Crippen molar-refractivity contribution in [3.05, 3.63) is 56.2 Å². The highest BCUT2D eigenvalue weighted by atomic mass is 79.9. The third kappa shape index (κ3) is 4.70. The molecular formula is C15H8BrF2O4S-. The first-order valence-corrected chi connectivity index (χ1v) is 7.75. The number of rotatable bonds is 6. The standard InChI is InChI=1S/C15H9BrF2O4S/c16-9-2-4-11(22-15(17)18)8(7-9)1-3-10(19)12-5-6-13(23-12)14(20)21/h1-7,15H,(H,20,21)/p-1/b3-1+. The molecule has 4 nitrogen and oxygen atoms in total. The number of ether oxygens (including phenoxy) is 1. The number of carbonyl (C=O) groups is 2. The minimum atomic E-state index is -2.98. The molecule has 0 fully saturated rings. The van der Waals surface area contributed by atoms with Crippen LogP contribution in [0.4, 0.5) is 8.78 Å². The first kappa shape index (κ1) is 17.3. The van der Waals surface area contributed by atoms with E-state index >= 15 is 0 Å². The summed E-state index contributed by atoms with van der Waals surface area (Å²) in [5, 5.41) is 10.7. The maximum Gasteiger partial charge on any atom is 0.387 e. The first-order chi connectivity index (χ1) is 10.9. The molecule has 8 heteroatoms. The van der Waals surface area contributed by atoms with Gasteiger partial charge < -0.3 is 14.6 Å². The fraction of sp³-hybridized carbons (Fsp3) is 0.0667. The van der Waals surface area contributed by atoms with Crippen LogP contribution in [0.1, 0.15) is 24.9 Å². The van der Waals surface area contributed by atoms with Gasteiger partial charge in [-0.05, 0) is 42.5 Å². The lowest BCUT2D eigenvalue weighted by molar-refractivity contribution is -0.254. The van der Waals surface area contributed by atoms with Crippen LogP contribution in [0, 0.1) is 0 Å². The van der Waals surface area contributed by atoms with Crippen molar-refractivity contribution < 1.29 is 28.2 Å². The molecule has 1 aromatic heterocycles. The third-order valence-electron chi connectivity index (χ3n) is 2.65. The monoisotopic (exact) mass is 401 g/mol. The zero-order chi connectivity index (χ0) is 17.0. The molecule has 0 unspecified atom stereocenters. The highest BCUT2D eigenvalue weighted by Gasteiger charge is 2.10. The molecule has 0 amide bonds. The van der Waals surface area contributed by atoms with E-state index in [2.05, 4.69) is 20.7 Å². The number of hydrogen-bond donors (Lipinski definition) is 0. The number of alkyl halides is 2. The highest BCUT2D eigenvalue weighted by Crippen LogP contribution is 2.26. The second-order valence-electron chi connectivity index (χ2n) is 4.21. The molecule has 0 radical (unpaired) electrons. The smallest absolute Gasteiger partial charge is 0.387 e. The van der Waals surface area contributed by atoms with Crippen LogP contribution in [0.15, 0.2) is 40.9 Å². The lowest BCUT2D eigenvalue weighted by atomic mass is 10.1. The van der Waals surface area contributed by atoms with Gasteiger partial charge in [-0.1, -0.05) is 15.9 Å². The van der Waals surface area contributed by atoms with Gasteiger partial charge in [0.25, 0.3) is 0 Å². The lowest BCUT2D eigenvalue weighted by Gasteiger charge is -2.08. The number of ketones is 1. The molecule has 0 spiro atoms. The van der Waals surface area contributed by atoms with E-state index in [0.717, 1.165) is 17.4 Å². The van der Waals surface area contributed by atoms with E-state index in [1.165, 1.54) is 36.4 Å². The summed E-state index contributed by atoms with van der Waals surface area (Å²) in [6.07, 6.45) is 2.48. The Hall–Kier alpha value is -2.06. The van der Waals surface area contributed by atoms with Crippen LogP contribution < -0.4 is 9.84 Å². The van der Waals surface area contributed by atoms with Gasteiger partial charge in [-0.25, -0.2) is 0 Å². The largest absolute Gasteiger partial charge is 0.544 e. The van der Waals surface area contributed by atoms with Crippen molar-refractivity contribution in [3.8, 4) is 5.75 Å². The van der Waals surface area contributed by atoms with Crippen LogP contribution in [-0.2, 0) is 0 Å². The van der Waals surface area contributed by atoms with E-state index in [1.807, 2.05) is 0 Å². The molecule has 0 aliphatic rings. The minimum Gasteiger partial charge on any atom is -0.544 e. The number of benzene rings is 1. The van der Waals surface area contributed by atoms with Crippen molar-refractivity contribution in [1.29, 1.82) is 0 Å². The molecule has 2 aromatic rings. The number of carbonyl (C=O) groups excluding carboxylic acids is 2. The minimum absolute atomic E-state index is 0.0640. The van der Waals surface area contributed by atoms with E-state index in [-0.39, 0.29) is 21.1 Å². The van der Waals surface area contributed by atoms with Crippen LogP contribution >= 0.6 is 27.3 Å². The van der Waals surface area contributed by atoms with Crippen molar-refractivity contribution in [2.75, 3.05) is 0 Å². The molecule has 1 heterocycles. The Morgan fingerprint density at radius 3 is 2.52 bits per heavy atom. The summed E-state index contributed by atoms with van der Waals surface area (Å²) in [5.41, 5.74) is 0.282. The molecule has 23 heavy (non-hydrogen) atoms. The predicted octanol–water partition coefficient (Wildman–Crippen LogP) is 3.37. The molecular weight excluding hydrogens is 394 g/mol. The summed E-state index contributed by atoms with van der Waals surface area (Å²) >= 11 is 3.98. The second-order valence-corrected chi connectivity index (χ2v) is 6.21. The SMILES string of the molecule is O=C([O-])c1ccc(C(=O)/C=C/c2cc(Br)ccc2OC(F)F)s1. The van der Waals surface area contributed by atoms with Crippen LogP contribution in [0.3, 0.4) is 0 Å². The molecule has 0 bridgehead atoms. The Labute approximate surface area is 142 Å². The fourth-order valence-electron chi connectivity index (χ4n) is 1.68. The van der Waals surface area contributed by atoms with Crippen LogP contribution in [0.25, 0.3) is 6.08 Å². The van der Waals surface area contributed by atoms with Gasteiger partial charge in [-0.3, -0.25) is 4.79 Å². The highest BCUT2D eigenvalue weighted by molar-refractivity contribution is 9.10. The molecule has 1 aromatic carbocycles. The number of aromatic carboxylic acids is 1. The Kier molecular flexibility index (Phi) is 5.62.